The minimum absolute atomic E-state index is 0.0241. The predicted molar refractivity (Wildman–Crippen MR) is 94.0 cm³/mol. The summed E-state index contributed by atoms with van der Waals surface area (Å²) in [6.07, 6.45) is 2.64. The Kier molecular flexibility index (Phi) is 4.07. The minimum Gasteiger partial charge on any atom is -0.508 e. The van der Waals surface area contributed by atoms with Crippen molar-refractivity contribution in [3.05, 3.63) is 64.7 Å². The predicted octanol–water partition coefficient (Wildman–Crippen LogP) is 4.34. The number of piperidine rings is 2. The molecule has 5 rings (SSSR count). The van der Waals surface area contributed by atoms with Gasteiger partial charge in [0.25, 0.3) is 0 Å². The third-order valence-electron chi connectivity index (χ3n) is 5.33. The highest BCUT2D eigenvalue weighted by atomic mass is 35.5. The molecule has 3 fully saturated rings. The number of rotatable bonds is 3. The fourth-order valence-electron chi connectivity index (χ4n) is 4.30. The van der Waals surface area contributed by atoms with Gasteiger partial charge < -0.3 is 5.11 Å². The van der Waals surface area contributed by atoms with E-state index >= 15 is 0 Å². The number of phenolic OH excluding ortho intramolecular Hbond substituents is 1. The van der Waals surface area contributed by atoms with E-state index in [1.807, 2.05) is 30.3 Å². The van der Waals surface area contributed by atoms with Crippen LogP contribution in [0.4, 0.5) is 0 Å². The average Bonchev–Trinajstić information content (AvgIpc) is 2.56. The second-order valence-electron chi connectivity index (χ2n) is 6.85. The fourth-order valence-corrected chi connectivity index (χ4v) is 4.51. The average molecular weight is 342 g/mol. The Morgan fingerprint density at radius 2 is 1.96 bits per heavy atom. The first kappa shape index (κ1) is 15.7. The summed E-state index contributed by atoms with van der Waals surface area (Å²) in [7, 11) is 0. The van der Waals surface area contributed by atoms with Gasteiger partial charge in [0.15, 0.2) is 0 Å². The Bertz CT molecular complexity index is 776. The molecule has 0 spiro atoms. The molecule has 2 aromatic rings. The Hall–Kier alpha value is -1.84. The van der Waals surface area contributed by atoms with Gasteiger partial charge in [-0.25, -0.2) is 0 Å². The van der Waals surface area contributed by atoms with Crippen molar-refractivity contribution in [3.63, 3.8) is 0 Å². The van der Waals surface area contributed by atoms with Gasteiger partial charge in [0.05, 0.1) is 0 Å². The van der Waals surface area contributed by atoms with E-state index in [0.717, 1.165) is 35.5 Å². The zero-order valence-corrected chi connectivity index (χ0v) is 14.1. The van der Waals surface area contributed by atoms with Crippen molar-refractivity contribution in [1.29, 1.82) is 0 Å². The van der Waals surface area contributed by atoms with Crippen LogP contribution in [0.1, 0.15) is 36.4 Å². The molecule has 1 saturated carbocycles. The summed E-state index contributed by atoms with van der Waals surface area (Å²) in [4.78, 5) is 14.9. The first-order valence-corrected chi connectivity index (χ1v) is 8.81. The lowest BCUT2D eigenvalue weighted by Crippen LogP contribution is -2.53. The maximum absolute atomic E-state index is 12.5. The number of nitrogens with zero attached hydrogens (tertiary/aromatic N) is 1. The number of halogens is 1. The Morgan fingerprint density at radius 1 is 1.12 bits per heavy atom. The Balaban J connectivity index is 1.70. The molecule has 124 valence electrons. The second kappa shape index (κ2) is 6.23. The third kappa shape index (κ3) is 2.83. The molecule has 4 heteroatoms. The largest absolute Gasteiger partial charge is 0.508 e. The first-order valence-electron chi connectivity index (χ1n) is 8.43. The molecule has 3 aliphatic rings. The van der Waals surface area contributed by atoms with Crippen LogP contribution in [0.3, 0.4) is 0 Å². The van der Waals surface area contributed by atoms with Gasteiger partial charge in [-0.05, 0) is 48.2 Å². The maximum Gasteiger partial charge on any atom is 0.139 e. The van der Waals surface area contributed by atoms with Crippen LogP contribution in [0.2, 0.25) is 5.02 Å². The molecule has 3 atom stereocenters. The number of carbonyl (C=O) groups excluding carboxylic acids is 1. The van der Waals surface area contributed by atoms with Crippen molar-refractivity contribution in [2.45, 2.75) is 37.9 Å². The molecule has 0 amide bonds. The highest BCUT2D eigenvalue weighted by Crippen LogP contribution is 2.46. The van der Waals surface area contributed by atoms with E-state index in [2.05, 4.69) is 11.0 Å². The van der Waals surface area contributed by atoms with Crippen molar-refractivity contribution in [1.82, 2.24) is 4.90 Å². The van der Waals surface area contributed by atoms with E-state index in [4.69, 9.17) is 11.6 Å². The van der Waals surface area contributed by atoms with Gasteiger partial charge >= 0.3 is 0 Å². The fraction of sp³-hybridized carbons (Fsp3) is 0.350. The summed E-state index contributed by atoms with van der Waals surface area (Å²) >= 11 is 6.13. The number of benzene rings is 2. The molecule has 2 aromatic carbocycles. The van der Waals surface area contributed by atoms with Gasteiger partial charge in [-0.2, -0.15) is 0 Å². The van der Waals surface area contributed by atoms with E-state index in [0.29, 0.717) is 12.2 Å². The number of fused-ring (bicyclic) bond motifs is 3. The van der Waals surface area contributed by atoms with Crippen LogP contribution in [-0.4, -0.2) is 21.8 Å². The number of Topliss-reactive ketones (excluding diaryl/α,β-unsaturated/α-hetero) is 1. The van der Waals surface area contributed by atoms with Crippen molar-refractivity contribution >= 4 is 17.4 Å². The molecule has 2 bridgehead atoms. The van der Waals surface area contributed by atoms with Crippen LogP contribution in [0, 0.1) is 5.92 Å². The van der Waals surface area contributed by atoms with Gasteiger partial charge in [-0.15, -0.1) is 0 Å². The molecule has 2 aliphatic heterocycles. The Morgan fingerprint density at radius 3 is 2.71 bits per heavy atom. The van der Waals surface area contributed by atoms with Crippen molar-refractivity contribution < 1.29 is 9.90 Å². The van der Waals surface area contributed by atoms with E-state index in [9.17, 15) is 9.90 Å². The lowest BCUT2D eigenvalue weighted by Gasteiger charge is -2.50. The monoisotopic (exact) mass is 341 g/mol. The minimum atomic E-state index is 0.0241. The van der Waals surface area contributed by atoms with Crippen LogP contribution in [0.15, 0.2) is 48.5 Å². The molecule has 1 aliphatic carbocycles. The first-order chi connectivity index (χ1) is 11.6. The molecule has 24 heavy (non-hydrogen) atoms. The molecule has 2 saturated heterocycles. The van der Waals surface area contributed by atoms with Crippen LogP contribution < -0.4 is 0 Å². The molecule has 1 N–H and O–H groups in total. The summed E-state index contributed by atoms with van der Waals surface area (Å²) < 4.78 is 0. The molecule has 0 aromatic heterocycles. The zero-order chi connectivity index (χ0) is 16.7. The quantitative estimate of drug-likeness (QED) is 0.902. The van der Waals surface area contributed by atoms with Crippen molar-refractivity contribution in [2.24, 2.45) is 5.92 Å². The summed E-state index contributed by atoms with van der Waals surface area (Å²) in [6, 6.07) is 15.6. The number of aromatic hydroxyl groups is 1. The van der Waals surface area contributed by atoms with Crippen molar-refractivity contribution in [3.8, 4) is 5.75 Å². The number of phenols is 1. The third-order valence-corrected chi connectivity index (χ3v) is 5.57. The number of hydrogen-bond donors (Lipinski definition) is 1. The highest BCUT2D eigenvalue weighted by molar-refractivity contribution is 6.30. The number of carbonyl (C=O) groups is 1. The molecular formula is C20H20ClNO2. The van der Waals surface area contributed by atoms with Gasteiger partial charge in [0.1, 0.15) is 11.5 Å². The summed E-state index contributed by atoms with van der Waals surface area (Å²) in [5, 5.41) is 10.6. The Labute approximate surface area is 146 Å². The smallest absolute Gasteiger partial charge is 0.139 e. The molecular weight excluding hydrogens is 322 g/mol. The lowest BCUT2D eigenvalue weighted by molar-refractivity contribution is -0.138. The normalized spacial score (nSPS) is 26.7. The highest BCUT2D eigenvalue weighted by Gasteiger charge is 2.47. The number of hydrogen-bond acceptors (Lipinski definition) is 3. The van der Waals surface area contributed by atoms with E-state index in [1.54, 1.807) is 12.1 Å². The van der Waals surface area contributed by atoms with Gasteiger partial charge in [-0.3, -0.25) is 9.69 Å². The summed E-state index contributed by atoms with van der Waals surface area (Å²) in [5.41, 5.74) is 2.19. The second-order valence-corrected chi connectivity index (χ2v) is 7.29. The van der Waals surface area contributed by atoms with Crippen LogP contribution in [0.5, 0.6) is 5.75 Å². The standard InChI is InChI=1S/C20H20ClNO2/c21-15-5-1-3-13(9-15)12-22-16-7-8-18(19(24)11-16)20(22)14-4-2-6-17(23)10-14/h1-6,9-10,16,18,20,23H,7-8,11-12H2. The molecule has 3 unspecified atom stereocenters. The molecule has 2 heterocycles. The van der Waals surface area contributed by atoms with Crippen LogP contribution in [0.25, 0.3) is 0 Å². The topological polar surface area (TPSA) is 40.5 Å². The van der Waals surface area contributed by atoms with Crippen LogP contribution in [-0.2, 0) is 11.3 Å². The maximum atomic E-state index is 12.5. The SMILES string of the molecule is O=C1CC2CCC1C(c1cccc(O)c1)N2Cc1cccc(Cl)c1. The van der Waals surface area contributed by atoms with Gasteiger partial charge in [-0.1, -0.05) is 35.9 Å². The zero-order valence-electron chi connectivity index (χ0n) is 13.4. The van der Waals surface area contributed by atoms with Crippen LogP contribution >= 0.6 is 11.6 Å². The van der Waals surface area contributed by atoms with E-state index in [1.165, 1.54) is 0 Å². The lowest BCUT2D eigenvalue weighted by atomic mass is 9.71. The van der Waals surface area contributed by atoms with E-state index < -0.39 is 0 Å². The van der Waals surface area contributed by atoms with Gasteiger partial charge in [0, 0.05) is 36.0 Å². The summed E-state index contributed by atoms with van der Waals surface area (Å²) in [5.74, 6) is 0.641. The number of ketones is 1. The molecule has 3 nitrogen and oxygen atoms in total. The molecule has 0 radical (unpaired) electrons. The van der Waals surface area contributed by atoms with Gasteiger partial charge in [0.2, 0.25) is 0 Å². The summed E-state index contributed by atoms with van der Waals surface area (Å²) in [6.45, 7) is 0.773. The van der Waals surface area contributed by atoms with E-state index in [-0.39, 0.29) is 23.8 Å². The van der Waals surface area contributed by atoms with Crippen molar-refractivity contribution in [2.75, 3.05) is 0 Å².